The Labute approximate surface area is 157 Å². The van der Waals surface area contributed by atoms with Gasteiger partial charge in [-0.3, -0.25) is 4.90 Å². The van der Waals surface area contributed by atoms with Crippen molar-refractivity contribution in [3.05, 3.63) is 52.9 Å². The highest BCUT2D eigenvalue weighted by atomic mass is 32.1. The van der Waals surface area contributed by atoms with Crippen LogP contribution in [-0.2, 0) is 6.54 Å². The molecule has 3 heterocycles. The molecule has 0 aliphatic carbocycles. The van der Waals surface area contributed by atoms with Crippen LogP contribution in [0.1, 0.15) is 11.1 Å². The zero-order valence-electron chi connectivity index (χ0n) is 14.8. The van der Waals surface area contributed by atoms with E-state index in [4.69, 9.17) is 10.7 Å². The maximum absolute atomic E-state index is 11.3. The lowest BCUT2D eigenvalue weighted by Gasteiger charge is -2.34. The van der Waals surface area contributed by atoms with Crippen molar-refractivity contribution in [3.8, 4) is 10.6 Å². The van der Waals surface area contributed by atoms with E-state index in [9.17, 15) is 4.79 Å². The second-order valence-corrected chi connectivity index (χ2v) is 7.72. The van der Waals surface area contributed by atoms with Gasteiger partial charge in [-0.25, -0.2) is 9.78 Å². The number of rotatable bonds is 3. The van der Waals surface area contributed by atoms with E-state index in [0.29, 0.717) is 13.1 Å². The minimum absolute atomic E-state index is 0.327. The first kappa shape index (κ1) is 17.0. The summed E-state index contributed by atoms with van der Waals surface area (Å²) in [6.07, 6.45) is 0. The van der Waals surface area contributed by atoms with E-state index >= 15 is 0 Å². The molecule has 2 aromatic heterocycles. The van der Waals surface area contributed by atoms with Gasteiger partial charge in [-0.1, -0.05) is 18.2 Å². The van der Waals surface area contributed by atoms with Gasteiger partial charge >= 0.3 is 6.03 Å². The molecular weight excluding hydrogens is 344 g/mol. The molecular formula is C20H22N4OS. The number of carbonyl (C=O) groups excluding carboxylic acids is 1. The number of piperazine rings is 1. The summed E-state index contributed by atoms with van der Waals surface area (Å²) in [6.45, 7) is 5.96. The lowest BCUT2D eigenvalue weighted by atomic mass is 10.1. The van der Waals surface area contributed by atoms with Gasteiger partial charge in [0.1, 0.15) is 0 Å². The fourth-order valence-electron chi connectivity index (χ4n) is 3.44. The number of carbonyl (C=O) groups is 1. The van der Waals surface area contributed by atoms with Crippen molar-refractivity contribution in [2.45, 2.75) is 13.5 Å². The quantitative estimate of drug-likeness (QED) is 0.772. The number of hydrogen-bond acceptors (Lipinski definition) is 4. The minimum Gasteiger partial charge on any atom is -0.351 e. The Balaban J connectivity index is 1.66. The SMILES string of the molecule is Cc1ccc2cc(CN3CCN(C(N)=O)CC3)c(-c3cccs3)nc2c1. The van der Waals surface area contributed by atoms with Gasteiger partial charge in [-0.15, -0.1) is 11.3 Å². The normalized spacial score (nSPS) is 15.5. The first-order valence-corrected chi connectivity index (χ1v) is 9.69. The molecule has 0 bridgehead atoms. The number of urea groups is 1. The fourth-order valence-corrected chi connectivity index (χ4v) is 4.18. The van der Waals surface area contributed by atoms with E-state index in [1.165, 1.54) is 21.4 Å². The van der Waals surface area contributed by atoms with Crippen molar-refractivity contribution in [1.82, 2.24) is 14.8 Å². The van der Waals surface area contributed by atoms with Crippen molar-refractivity contribution < 1.29 is 4.79 Å². The molecule has 2 amide bonds. The summed E-state index contributed by atoms with van der Waals surface area (Å²) in [5.74, 6) is 0. The van der Waals surface area contributed by atoms with Crippen molar-refractivity contribution >= 4 is 28.3 Å². The Morgan fingerprint density at radius 1 is 1.19 bits per heavy atom. The van der Waals surface area contributed by atoms with E-state index in [0.717, 1.165) is 30.8 Å². The number of fused-ring (bicyclic) bond motifs is 1. The van der Waals surface area contributed by atoms with E-state index in [1.54, 1.807) is 16.2 Å². The van der Waals surface area contributed by atoms with Crippen LogP contribution in [0.4, 0.5) is 4.79 Å². The summed E-state index contributed by atoms with van der Waals surface area (Å²) in [7, 11) is 0. The molecule has 0 unspecified atom stereocenters. The Hall–Kier alpha value is -2.44. The van der Waals surface area contributed by atoms with Gasteiger partial charge in [0.2, 0.25) is 0 Å². The van der Waals surface area contributed by atoms with Gasteiger partial charge in [-0.05, 0) is 41.6 Å². The molecule has 1 aliphatic heterocycles. The molecule has 0 saturated carbocycles. The highest BCUT2D eigenvalue weighted by molar-refractivity contribution is 7.13. The van der Waals surface area contributed by atoms with Crippen molar-refractivity contribution in [2.24, 2.45) is 5.73 Å². The molecule has 5 nitrogen and oxygen atoms in total. The number of nitrogens with two attached hydrogens (primary N) is 1. The van der Waals surface area contributed by atoms with E-state index in [2.05, 4.69) is 53.6 Å². The van der Waals surface area contributed by atoms with Gasteiger partial charge < -0.3 is 10.6 Å². The molecule has 1 saturated heterocycles. The molecule has 6 heteroatoms. The van der Waals surface area contributed by atoms with Gasteiger partial charge in [0.25, 0.3) is 0 Å². The summed E-state index contributed by atoms with van der Waals surface area (Å²) in [5.41, 5.74) is 9.94. The smallest absolute Gasteiger partial charge is 0.314 e. The summed E-state index contributed by atoms with van der Waals surface area (Å²) in [5, 5.41) is 3.26. The molecule has 1 aliphatic rings. The summed E-state index contributed by atoms with van der Waals surface area (Å²) in [6, 6.07) is 12.5. The van der Waals surface area contributed by atoms with Crippen LogP contribution in [0.3, 0.4) is 0 Å². The van der Waals surface area contributed by atoms with Crippen molar-refractivity contribution in [3.63, 3.8) is 0 Å². The Bertz CT molecular complexity index is 930. The molecule has 134 valence electrons. The first-order valence-electron chi connectivity index (χ1n) is 8.81. The Morgan fingerprint density at radius 3 is 2.69 bits per heavy atom. The summed E-state index contributed by atoms with van der Waals surface area (Å²) in [4.78, 5) is 21.6. The summed E-state index contributed by atoms with van der Waals surface area (Å²) >= 11 is 1.72. The Kier molecular flexibility index (Phi) is 4.61. The third-order valence-corrected chi connectivity index (χ3v) is 5.76. The third kappa shape index (κ3) is 3.43. The number of pyridine rings is 1. The number of nitrogens with zero attached hydrogens (tertiary/aromatic N) is 3. The van der Waals surface area contributed by atoms with Gasteiger partial charge in [-0.2, -0.15) is 0 Å². The molecule has 26 heavy (non-hydrogen) atoms. The lowest BCUT2D eigenvalue weighted by Crippen LogP contribution is -2.50. The molecule has 0 radical (unpaired) electrons. The molecule has 1 fully saturated rings. The minimum atomic E-state index is -0.327. The molecule has 0 atom stereocenters. The number of hydrogen-bond donors (Lipinski definition) is 1. The third-order valence-electron chi connectivity index (χ3n) is 4.88. The average Bonchev–Trinajstić information content (AvgIpc) is 3.16. The van der Waals surface area contributed by atoms with Crippen molar-refractivity contribution in [1.29, 1.82) is 0 Å². The molecule has 0 spiro atoms. The second kappa shape index (κ2) is 7.05. The van der Waals surface area contributed by atoms with Gasteiger partial charge in [0, 0.05) is 38.1 Å². The fraction of sp³-hybridized carbons (Fsp3) is 0.300. The maximum atomic E-state index is 11.3. The highest BCUT2D eigenvalue weighted by Gasteiger charge is 2.21. The van der Waals surface area contributed by atoms with Gasteiger partial charge in [0.05, 0.1) is 16.1 Å². The average molecular weight is 366 g/mol. The number of primary amides is 1. The second-order valence-electron chi connectivity index (χ2n) is 6.77. The van der Waals surface area contributed by atoms with E-state index in [1.807, 2.05) is 0 Å². The summed E-state index contributed by atoms with van der Waals surface area (Å²) < 4.78 is 0. The molecule has 2 N–H and O–H groups in total. The van der Waals surface area contributed by atoms with Crippen LogP contribution in [0.5, 0.6) is 0 Å². The zero-order chi connectivity index (χ0) is 18.1. The van der Waals surface area contributed by atoms with E-state index in [-0.39, 0.29) is 6.03 Å². The predicted molar refractivity (Wildman–Crippen MR) is 106 cm³/mol. The van der Waals surface area contributed by atoms with Crippen molar-refractivity contribution in [2.75, 3.05) is 26.2 Å². The Morgan fingerprint density at radius 2 is 2.00 bits per heavy atom. The number of amides is 2. The first-order chi connectivity index (χ1) is 12.6. The van der Waals surface area contributed by atoms with Crippen LogP contribution in [0.15, 0.2) is 41.8 Å². The van der Waals surface area contributed by atoms with Crippen LogP contribution < -0.4 is 5.73 Å². The monoisotopic (exact) mass is 366 g/mol. The molecule has 3 aromatic rings. The van der Waals surface area contributed by atoms with E-state index < -0.39 is 0 Å². The van der Waals surface area contributed by atoms with Crippen LogP contribution in [0.25, 0.3) is 21.5 Å². The van der Waals surface area contributed by atoms with Gasteiger partial charge in [0.15, 0.2) is 0 Å². The lowest BCUT2D eigenvalue weighted by molar-refractivity contribution is 0.140. The topological polar surface area (TPSA) is 62.5 Å². The van der Waals surface area contributed by atoms with Crippen LogP contribution in [0, 0.1) is 6.92 Å². The number of thiophene rings is 1. The number of benzene rings is 1. The predicted octanol–water partition coefficient (Wildman–Crippen LogP) is 3.47. The zero-order valence-corrected chi connectivity index (χ0v) is 15.6. The highest BCUT2D eigenvalue weighted by Crippen LogP contribution is 2.30. The molecule has 4 rings (SSSR count). The molecule has 1 aromatic carbocycles. The van der Waals surface area contributed by atoms with Crippen LogP contribution in [0.2, 0.25) is 0 Å². The van der Waals surface area contributed by atoms with Crippen LogP contribution >= 0.6 is 11.3 Å². The largest absolute Gasteiger partial charge is 0.351 e. The number of aromatic nitrogens is 1. The maximum Gasteiger partial charge on any atom is 0.314 e. The standard InChI is InChI=1S/C20H22N4OS/c1-14-4-5-15-12-16(13-23-6-8-24(9-7-23)20(21)25)19(22-17(15)11-14)18-3-2-10-26-18/h2-5,10-12H,6-9,13H2,1H3,(H2,21,25). The number of aryl methyl sites for hydroxylation is 1. The van der Waals surface area contributed by atoms with Crippen LogP contribution in [-0.4, -0.2) is 47.0 Å².